The molecule has 36 heavy (non-hydrogen) atoms. The van der Waals surface area contributed by atoms with E-state index >= 15 is 0 Å². The van der Waals surface area contributed by atoms with Crippen LogP contribution in [0, 0.1) is 17.7 Å². The molecule has 3 aromatic carbocycles. The van der Waals surface area contributed by atoms with Crippen molar-refractivity contribution < 1.29 is 14.3 Å². The maximum atomic E-state index is 14.1. The number of hydrogen-bond donors (Lipinski definition) is 2. The Morgan fingerprint density at radius 3 is 2.31 bits per heavy atom. The molecule has 2 amide bonds. The van der Waals surface area contributed by atoms with Gasteiger partial charge in [0.15, 0.2) is 0 Å². The predicted octanol–water partition coefficient (Wildman–Crippen LogP) is 4.68. The molecule has 3 atom stereocenters. The molecule has 0 radical (unpaired) electrons. The van der Waals surface area contributed by atoms with Crippen LogP contribution in [0.2, 0.25) is 0 Å². The molecule has 0 saturated carbocycles. The zero-order chi connectivity index (χ0) is 24.9. The van der Waals surface area contributed by atoms with E-state index in [1.807, 2.05) is 42.5 Å². The Labute approximate surface area is 211 Å². The van der Waals surface area contributed by atoms with E-state index in [2.05, 4.69) is 34.2 Å². The number of nitrogens with one attached hydrogen (secondary N) is 1. The Bertz CT molecular complexity index is 1250. The van der Waals surface area contributed by atoms with Crippen molar-refractivity contribution in [1.29, 1.82) is 0 Å². The molecule has 0 aliphatic carbocycles. The van der Waals surface area contributed by atoms with Gasteiger partial charge in [-0.1, -0.05) is 54.3 Å². The smallest absolute Gasteiger partial charge is 0.321 e. The molecule has 2 saturated heterocycles. The Morgan fingerprint density at radius 2 is 1.58 bits per heavy atom. The van der Waals surface area contributed by atoms with Crippen molar-refractivity contribution >= 4 is 11.7 Å². The van der Waals surface area contributed by atoms with Crippen LogP contribution in [0.15, 0.2) is 78.9 Å². The minimum atomic E-state index is -0.447. The van der Waals surface area contributed by atoms with Gasteiger partial charge >= 0.3 is 6.03 Å². The lowest BCUT2D eigenvalue weighted by Gasteiger charge is -2.57. The minimum Gasteiger partial charge on any atom is -0.395 e. The Hall–Kier alpha value is -3.66. The second-order valence-corrected chi connectivity index (χ2v) is 9.38. The van der Waals surface area contributed by atoms with Gasteiger partial charge in [0.25, 0.3) is 0 Å². The molecule has 2 heterocycles. The van der Waals surface area contributed by atoms with Crippen molar-refractivity contribution in [2.75, 3.05) is 31.6 Å². The standard InChI is InChI=1S/C30H30FN3O2/c31-25-10-4-5-11-26(25)32-30(36)33-18-6-7-19-34-27(20-33)29(28(34)21-35)24-16-14-23(15-17-24)13-12-22-8-2-1-3-9-22/h1-5,8-11,14-17,27-29,35H,6-7,18-21H2,(H,32,36)/t27-,28-,29+/m1/s1. The van der Waals surface area contributed by atoms with Crippen molar-refractivity contribution in [3.8, 4) is 11.8 Å². The van der Waals surface area contributed by atoms with Gasteiger partial charge in [-0.3, -0.25) is 4.90 Å². The van der Waals surface area contributed by atoms with Crippen molar-refractivity contribution in [2.45, 2.75) is 30.8 Å². The van der Waals surface area contributed by atoms with Gasteiger partial charge in [-0.2, -0.15) is 0 Å². The van der Waals surface area contributed by atoms with Gasteiger partial charge in [0, 0.05) is 42.2 Å². The van der Waals surface area contributed by atoms with Crippen molar-refractivity contribution in [2.24, 2.45) is 0 Å². The first kappa shape index (κ1) is 24.1. The highest BCUT2D eigenvalue weighted by molar-refractivity contribution is 5.89. The molecule has 0 aromatic heterocycles. The normalized spacial score (nSPS) is 21.7. The minimum absolute atomic E-state index is 0.0193. The lowest BCUT2D eigenvalue weighted by atomic mass is 9.74. The molecule has 0 bridgehead atoms. The quantitative estimate of drug-likeness (QED) is 0.532. The summed E-state index contributed by atoms with van der Waals surface area (Å²) in [5.41, 5.74) is 3.23. The van der Waals surface area contributed by atoms with Crippen LogP contribution in [-0.4, -0.2) is 59.3 Å². The number of anilines is 1. The number of para-hydroxylation sites is 1. The van der Waals surface area contributed by atoms with Crippen LogP contribution in [0.4, 0.5) is 14.9 Å². The number of hydrogen-bond acceptors (Lipinski definition) is 3. The molecule has 5 nitrogen and oxygen atoms in total. The molecule has 5 rings (SSSR count). The number of fused-ring (bicyclic) bond motifs is 1. The van der Waals surface area contributed by atoms with Crippen LogP contribution in [0.1, 0.15) is 35.4 Å². The van der Waals surface area contributed by atoms with E-state index in [1.165, 1.54) is 6.07 Å². The molecular formula is C30H30FN3O2. The molecule has 184 valence electrons. The summed E-state index contributed by atoms with van der Waals surface area (Å²) in [5.74, 6) is 6.05. The number of aliphatic hydroxyl groups is 1. The predicted molar refractivity (Wildman–Crippen MR) is 139 cm³/mol. The fourth-order valence-electron chi connectivity index (χ4n) is 5.34. The number of benzene rings is 3. The van der Waals surface area contributed by atoms with Gasteiger partial charge in [-0.15, -0.1) is 0 Å². The average molecular weight is 484 g/mol. The van der Waals surface area contributed by atoms with Gasteiger partial charge in [0.05, 0.1) is 12.3 Å². The van der Waals surface area contributed by atoms with Gasteiger partial charge in [-0.25, -0.2) is 9.18 Å². The van der Waals surface area contributed by atoms with Crippen LogP contribution < -0.4 is 5.32 Å². The average Bonchev–Trinajstić information content (AvgIpc) is 2.89. The molecule has 2 fully saturated rings. The highest BCUT2D eigenvalue weighted by atomic mass is 19.1. The van der Waals surface area contributed by atoms with Crippen LogP contribution in [-0.2, 0) is 0 Å². The van der Waals surface area contributed by atoms with Crippen molar-refractivity contribution in [3.63, 3.8) is 0 Å². The number of nitrogens with zero attached hydrogens (tertiary/aromatic N) is 2. The molecule has 2 aliphatic rings. The highest BCUT2D eigenvalue weighted by Gasteiger charge is 2.49. The monoisotopic (exact) mass is 483 g/mol. The van der Waals surface area contributed by atoms with Crippen molar-refractivity contribution in [3.05, 3.63) is 101 Å². The van der Waals surface area contributed by atoms with Gasteiger partial charge in [-0.05, 0) is 61.3 Å². The maximum Gasteiger partial charge on any atom is 0.321 e. The number of carbonyl (C=O) groups is 1. The number of aliphatic hydroxyl groups excluding tert-OH is 1. The van der Waals surface area contributed by atoms with E-state index in [0.717, 1.165) is 36.1 Å². The third-order valence-corrected chi connectivity index (χ3v) is 7.19. The Morgan fingerprint density at radius 1 is 0.917 bits per heavy atom. The van der Waals surface area contributed by atoms with Crippen molar-refractivity contribution in [1.82, 2.24) is 9.80 Å². The van der Waals surface area contributed by atoms with Gasteiger partial charge < -0.3 is 15.3 Å². The number of carbonyl (C=O) groups excluding carboxylic acids is 1. The lowest BCUT2D eigenvalue weighted by Crippen LogP contribution is -2.68. The lowest BCUT2D eigenvalue weighted by molar-refractivity contribution is -0.0585. The Kier molecular flexibility index (Phi) is 7.31. The zero-order valence-electron chi connectivity index (χ0n) is 20.1. The number of halogens is 1. The third kappa shape index (κ3) is 5.13. The molecular weight excluding hydrogens is 453 g/mol. The molecule has 0 spiro atoms. The van der Waals surface area contributed by atoms with E-state index in [9.17, 15) is 14.3 Å². The number of rotatable bonds is 3. The molecule has 2 aliphatic heterocycles. The molecule has 6 heteroatoms. The van der Waals surface area contributed by atoms with Gasteiger partial charge in [0.1, 0.15) is 5.82 Å². The topological polar surface area (TPSA) is 55.8 Å². The SMILES string of the molecule is O=C(Nc1ccccc1F)N1CCCCN2[C@H](CO)[C@@H](c3ccc(C#Cc4ccccc4)cc3)[C@H]2C1. The number of amides is 2. The molecule has 3 aromatic rings. The van der Waals surface area contributed by atoms with Crippen LogP contribution in [0.3, 0.4) is 0 Å². The summed E-state index contributed by atoms with van der Waals surface area (Å²) < 4.78 is 14.1. The zero-order valence-corrected chi connectivity index (χ0v) is 20.1. The number of urea groups is 1. The van der Waals surface area contributed by atoms with Gasteiger partial charge in [0.2, 0.25) is 0 Å². The highest BCUT2D eigenvalue weighted by Crippen LogP contribution is 2.42. The maximum absolute atomic E-state index is 14.1. The van der Waals surface area contributed by atoms with Crippen LogP contribution >= 0.6 is 0 Å². The van der Waals surface area contributed by atoms with Crippen LogP contribution in [0.25, 0.3) is 0 Å². The summed E-state index contributed by atoms with van der Waals surface area (Å²) in [6.45, 7) is 2.11. The molecule has 0 unspecified atom stereocenters. The summed E-state index contributed by atoms with van der Waals surface area (Å²) in [5, 5.41) is 12.9. The second-order valence-electron chi connectivity index (χ2n) is 9.38. The van der Waals surface area contributed by atoms with E-state index in [4.69, 9.17) is 0 Å². The first-order valence-electron chi connectivity index (χ1n) is 12.5. The third-order valence-electron chi connectivity index (χ3n) is 7.19. The summed E-state index contributed by atoms with van der Waals surface area (Å²) in [4.78, 5) is 17.2. The summed E-state index contributed by atoms with van der Waals surface area (Å²) >= 11 is 0. The van der Waals surface area contributed by atoms with E-state index < -0.39 is 5.82 Å². The van der Waals surface area contributed by atoms with E-state index in [1.54, 1.807) is 23.1 Å². The fraction of sp³-hybridized carbons (Fsp3) is 0.300. The summed E-state index contributed by atoms with van der Waals surface area (Å²) in [7, 11) is 0. The first-order chi connectivity index (χ1) is 17.6. The molecule has 2 N–H and O–H groups in total. The first-order valence-corrected chi connectivity index (χ1v) is 12.5. The fourth-order valence-corrected chi connectivity index (χ4v) is 5.34. The second kappa shape index (κ2) is 10.9. The summed E-state index contributed by atoms with van der Waals surface area (Å²) in [6.07, 6.45) is 1.81. The summed E-state index contributed by atoms with van der Waals surface area (Å²) in [6, 6.07) is 24.1. The van der Waals surface area contributed by atoms with E-state index in [0.29, 0.717) is 13.1 Å². The largest absolute Gasteiger partial charge is 0.395 e. The van der Waals surface area contributed by atoms with E-state index in [-0.39, 0.29) is 36.3 Å². The Balaban J connectivity index is 1.32. The van der Waals surface area contributed by atoms with Crippen LogP contribution in [0.5, 0.6) is 0 Å².